The van der Waals surface area contributed by atoms with E-state index in [1.807, 2.05) is 0 Å². The average Bonchev–Trinajstić information content (AvgIpc) is 3.14. The summed E-state index contributed by atoms with van der Waals surface area (Å²) in [6.45, 7) is 5.05. The predicted octanol–water partition coefficient (Wildman–Crippen LogP) is 5.51. The van der Waals surface area contributed by atoms with Gasteiger partial charge in [-0.15, -0.1) is 0 Å². The molecule has 6 heteroatoms. The second-order valence-corrected chi connectivity index (χ2v) is 9.48. The van der Waals surface area contributed by atoms with Crippen LogP contribution in [0, 0.1) is 0 Å². The molecular weight excluding hydrogens is 418 g/mol. The number of ketones is 1. The van der Waals surface area contributed by atoms with Gasteiger partial charge in [0.2, 0.25) is 11.4 Å². The van der Waals surface area contributed by atoms with Crippen LogP contribution in [0.15, 0.2) is 12.2 Å². The molecule has 190 valence electrons. The van der Waals surface area contributed by atoms with Crippen LogP contribution in [0.4, 0.5) is 0 Å². The van der Waals surface area contributed by atoms with Crippen LogP contribution >= 0.6 is 0 Å². The summed E-state index contributed by atoms with van der Waals surface area (Å²) in [6.07, 6.45) is 20.5. The fourth-order valence-electron chi connectivity index (χ4n) is 4.58. The molecule has 1 heterocycles. The first-order valence-corrected chi connectivity index (χ1v) is 13.2. The van der Waals surface area contributed by atoms with Crippen molar-refractivity contribution in [1.29, 1.82) is 0 Å². The van der Waals surface area contributed by atoms with E-state index in [2.05, 4.69) is 19.1 Å². The zero-order valence-electron chi connectivity index (χ0n) is 21.3. The van der Waals surface area contributed by atoms with Crippen molar-refractivity contribution in [3.8, 4) is 0 Å². The van der Waals surface area contributed by atoms with Crippen molar-refractivity contribution in [2.45, 2.75) is 129 Å². The molecule has 1 saturated heterocycles. The lowest BCUT2D eigenvalue weighted by atomic mass is 9.91. The minimum absolute atomic E-state index is 0.0156. The van der Waals surface area contributed by atoms with Crippen LogP contribution in [-0.4, -0.2) is 52.5 Å². The second-order valence-electron chi connectivity index (χ2n) is 9.48. The van der Waals surface area contributed by atoms with Crippen LogP contribution < -0.4 is 0 Å². The fourth-order valence-corrected chi connectivity index (χ4v) is 4.58. The number of ether oxygens (including phenoxy) is 1. The minimum Gasteiger partial charge on any atom is -0.464 e. The molecule has 0 saturated carbocycles. The van der Waals surface area contributed by atoms with Crippen molar-refractivity contribution >= 4 is 17.7 Å². The van der Waals surface area contributed by atoms with Crippen molar-refractivity contribution in [1.82, 2.24) is 4.90 Å². The molecule has 1 fully saturated rings. The summed E-state index contributed by atoms with van der Waals surface area (Å²) in [6, 6.07) is 0. The Labute approximate surface area is 201 Å². The number of esters is 1. The Morgan fingerprint density at radius 1 is 0.879 bits per heavy atom. The molecule has 2 atom stereocenters. The van der Waals surface area contributed by atoms with E-state index < -0.39 is 29.3 Å². The number of allylic oxidation sites excluding steroid dienone is 2. The van der Waals surface area contributed by atoms with Gasteiger partial charge in [-0.1, -0.05) is 76.9 Å². The van der Waals surface area contributed by atoms with Crippen molar-refractivity contribution in [2.24, 2.45) is 0 Å². The molecule has 1 aliphatic heterocycles. The number of Topliss-reactive ketones (excluding diaryl/α,β-unsaturated/α-hetero) is 1. The highest BCUT2D eigenvalue weighted by Crippen LogP contribution is 2.32. The third kappa shape index (κ3) is 10.4. The number of likely N-dealkylation sites (tertiary alicyclic amines) is 1. The zero-order chi connectivity index (χ0) is 24.5. The van der Waals surface area contributed by atoms with Gasteiger partial charge >= 0.3 is 5.97 Å². The molecule has 0 unspecified atom stereocenters. The smallest absolute Gasteiger partial charge is 0.340 e. The molecule has 1 N–H and O–H groups in total. The molecule has 0 radical (unpaired) electrons. The van der Waals surface area contributed by atoms with Gasteiger partial charge in [0, 0.05) is 19.9 Å². The normalized spacial score (nSPS) is 20.5. The van der Waals surface area contributed by atoms with Gasteiger partial charge in [-0.2, -0.15) is 0 Å². The largest absolute Gasteiger partial charge is 0.464 e. The molecule has 33 heavy (non-hydrogen) atoms. The van der Waals surface area contributed by atoms with Gasteiger partial charge in [0.25, 0.3) is 0 Å². The highest BCUT2D eigenvalue weighted by Gasteiger charge is 2.57. The number of aliphatic hydroxyl groups excluding tert-OH is 1. The monoisotopic (exact) mass is 465 g/mol. The van der Waals surface area contributed by atoms with E-state index in [9.17, 15) is 19.5 Å². The molecule has 0 aromatic rings. The molecule has 0 spiro atoms. The van der Waals surface area contributed by atoms with Crippen LogP contribution in [0.5, 0.6) is 0 Å². The Bertz CT molecular complexity index is 618. The number of carbonyl (C=O) groups is 3. The molecule has 0 aromatic carbocycles. The first kappa shape index (κ1) is 29.3. The highest BCUT2D eigenvalue weighted by atomic mass is 16.5. The number of rotatable bonds is 18. The summed E-state index contributed by atoms with van der Waals surface area (Å²) in [5, 5.41) is 9.94. The minimum atomic E-state index is -1.67. The lowest BCUT2D eigenvalue weighted by molar-refractivity contribution is -0.165. The van der Waals surface area contributed by atoms with E-state index in [4.69, 9.17) is 4.74 Å². The van der Waals surface area contributed by atoms with E-state index in [0.29, 0.717) is 0 Å². The number of aliphatic hydroxyl groups is 1. The maximum atomic E-state index is 12.7. The Balaban J connectivity index is 2.09. The summed E-state index contributed by atoms with van der Waals surface area (Å²) in [7, 11) is 0. The maximum Gasteiger partial charge on any atom is 0.340 e. The van der Waals surface area contributed by atoms with E-state index in [0.717, 1.165) is 30.6 Å². The zero-order valence-corrected chi connectivity index (χ0v) is 21.3. The van der Waals surface area contributed by atoms with Gasteiger partial charge in [-0.05, 0) is 39.0 Å². The molecular formula is C27H47NO5. The Kier molecular flexibility index (Phi) is 15.0. The predicted molar refractivity (Wildman–Crippen MR) is 132 cm³/mol. The lowest BCUT2D eigenvalue weighted by Crippen LogP contribution is -2.58. The van der Waals surface area contributed by atoms with Crippen LogP contribution in [0.1, 0.15) is 117 Å². The number of hydrogen-bond acceptors (Lipinski definition) is 5. The summed E-state index contributed by atoms with van der Waals surface area (Å²) in [4.78, 5) is 38.0. The molecule has 6 nitrogen and oxygen atoms in total. The standard InChI is InChI=1S/C27H47NO5/c1-4-5-6-7-8-9-10-11-12-13-14-15-16-17-18-19-20-33-26(32)27(23(2)29)21-25(31)22-28(27)24(3)30/h11-12,25,31H,4-10,13-22H2,1-3H3/b12-11-/t25-,27-/m1/s1. The van der Waals surface area contributed by atoms with E-state index in [-0.39, 0.29) is 19.6 Å². The van der Waals surface area contributed by atoms with Crippen LogP contribution in [-0.2, 0) is 19.1 Å². The van der Waals surface area contributed by atoms with Crippen LogP contribution in [0.3, 0.4) is 0 Å². The number of hydrogen-bond donors (Lipinski definition) is 1. The Morgan fingerprint density at radius 3 is 1.91 bits per heavy atom. The summed E-state index contributed by atoms with van der Waals surface area (Å²) >= 11 is 0. The fraction of sp³-hybridized carbons (Fsp3) is 0.815. The highest BCUT2D eigenvalue weighted by molar-refractivity contribution is 6.10. The van der Waals surface area contributed by atoms with Crippen molar-refractivity contribution < 1.29 is 24.2 Å². The molecule has 0 bridgehead atoms. The lowest BCUT2D eigenvalue weighted by Gasteiger charge is -2.32. The number of β-amino-alcohol motifs (C(OH)–C–C–N with tert-alkyl or cyclic N) is 1. The third-order valence-electron chi connectivity index (χ3n) is 6.57. The molecule has 0 aromatic heterocycles. The van der Waals surface area contributed by atoms with E-state index in [1.165, 1.54) is 78.1 Å². The molecule has 1 rings (SSSR count). The average molecular weight is 466 g/mol. The van der Waals surface area contributed by atoms with Gasteiger partial charge in [0.05, 0.1) is 12.7 Å². The summed E-state index contributed by atoms with van der Waals surface area (Å²) in [5.74, 6) is -1.58. The van der Waals surface area contributed by atoms with E-state index in [1.54, 1.807) is 0 Å². The van der Waals surface area contributed by atoms with Crippen molar-refractivity contribution in [2.75, 3.05) is 13.2 Å². The second kappa shape index (κ2) is 16.9. The SMILES string of the molecule is CCCCCCCC/C=C\CCCCCCCCOC(=O)[C@]1(C(C)=O)C[C@@H](O)CN1C(C)=O. The number of unbranched alkanes of at least 4 members (excludes halogenated alkanes) is 12. The Morgan fingerprint density at radius 2 is 1.39 bits per heavy atom. The number of amides is 1. The van der Waals surface area contributed by atoms with E-state index >= 15 is 0 Å². The van der Waals surface area contributed by atoms with Gasteiger partial charge < -0.3 is 14.7 Å². The maximum absolute atomic E-state index is 12.7. The number of nitrogens with zero attached hydrogens (tertiary/aromatic N) is 1. The quantitative estimate of drug-likeness (QED) is 0.125. The molecule has 1 amide bonds. The summed E-state index contributed by atoms with van der Waals surface area (Å²) in [5.41, 5.74) is -1.67. The van der Waals surface area contributed by atoms with Crippen molar-refractivity contribution in [3.63, 3.8) is 0 Å². The Hall–Kier alpha value is -1.69. The van der Waals surface area contributed by atoms with Gasteiger partial charge in [0.15, 0.2) is 5.78 Å². The third-order valence-corrected chi connectivity index (χ3v) is 6.57. The topological polar surface area (TPSA) is 83.9 Å². The van der Waals surface area contributed by atoms with Gasteiger partial charge in [-0.3, -0.25) is 9.59 Å². The first-order valence-electron chi connectivity index (χ1n) is 13.2. The number of carbonyl (C=O) groups excluding carboxylic acids is 3. The molecule has 1 aliphatic rings. The van der Waals surface area contributed by atoms with Crippen LogP contribution in [0.25, 0.3) is 0 Å². The van der Waals surface area contributed by atoms with Crippen molar-refractivity contribution in [3.05, 3.63) is 12.2 Å². The van der Waals surface area contributed by atoms with Crippen LogP contribution in [0.2, 0.25) is 0 Å². The van der Waals surface area contributed by atoms with Gasteiger partial charge in [0.1, 0.15) is 0 Å². The first-order chi connectivity index (χ1) is 15.9. The molecule has 0 aliphatic carbocycles. The van der Waals surface area contributed by atoms with Gasteiger partial charge in [-0.25, -0.2) is 4.79 Å². The summed E-state index contributed by atoms with van der Waals surface area (Å²) < 4.78 is 5.36.